The second-order valence-electron chi connectivity index (χ2n) is 2.65. The van der Waals surface area contributed by atoms with E-state index in [1.165, 1.54) is 0 Å². The van der Waals surface area contributed by atoms with Crippen molar-refractivity contribution < 1.29 is 0 Å². The maximum Gasteiger partial charge on any atom is 0.143 e. The van der Waals surface area contributed by atoms with Crippen LogP contribution in [0.4, 0.5) is 0 Å². The Balaban J connectivity index is 4.38. The van der Waals surface area contributed by atoms with E-state index in [4.69, 9.17) is 15.8 Å². The van der Waals surface area contributed by atoms with Crippen molar-refractivity contribution in [3.63, 3.8) is 0 Å². The third kappa shape index (κ3) is 3.94. The Morgan fingerprint density at radius 1 is 1.00 bits per heavy atom. The fourth-order valence-electron chi connectivity index (χ4n) is 0.949. The minimum atomic E-state index is -0.0430. The highest BCUT2D eigenvalue weighted by Crippen LogP contribution is 2.11. The molecule has 0 aliphatic carbocycles. The summed E-state index contributed by atoms with van der Waals surface area (Å²) in [6.45, 7) is 2.06. The van der Waals surface area contributed by atoms with Gasteiger partial charge in [-0.25, -0.2) is 0 Å². The Morgan fingerprint density at radius 2 is 1.62 bits per heavy atom. The molecule has 0 aromatic carbocycles. The molecule has 0 N–H and O–H groups in total. The number of nitrogens with zero attached hydrogens (tertiary/aromatic N) is 3. The van der Waals surface area contributed by atoms with Crippen molar-refractivity contribution in [2.24, 2.45) is 0 Å². The normalized spacial score (nSPS) is 7.85. The zero-order valence-corrected chi connectivity index (χ0v) is 7.67. The van der Waals surface area contributed by atoms with E-state index in [1.54, 1.807) is 12.1 Å². The van der Waals surface area contributed by atoms with Crippen molar-refractivity contribution in [1.29, 1.82) is 15.8 Å². The molecule has 0 saturated heterocycles. The van der Waals surface area contributed by atoms with E-state index in [9.17, 15) is 0 Å². The summed E-state index contributed by atoms with van der Waals surface area (Å²) in [5.41, 5.74) is 0.275. The van der Waals surface area contributed by atoms with Gasteiger partial charge in [0, 0.05) is 0 Å². The Labute approximate surface area is 78.5 Å². The van der Waals surface area contributed by atoms with Gasteiger partial charge in [-0.2, -0.15) is 15.8 Å². The maximum absolute atomic E-state index is 8.65. The van der Waals surface area contributed by atoms with Gasteiger partial charge in [-0.15, -0.1) is 0 Å². The lowest BCUT2D eigenvalue weighted by Crippen LogP contribution is -1.86. The lowest BCUT2D eigenvalue weighted by molar-refractivity contribution is 0.719. The molecule has 3 nitrogen and oxygen atoms in total. The largest absolute Gasteiger partial charge is 0.193 e. The number of rotatable bonds is 4. The van der Waals surface area contributed by atoms with Gasteiger partial charge >= 0.3 is 0 Å². The summed E-state index contributed by atoms with van der Waals surface area (Å²) in [7, 11) is 0. The number of nitriles is 3. The molecule has 0 atom stereocenters. The Bertz CT molecular complexity index is 291. The molecule has 0 heterocycles. The zero-order valence-electron chi connectivity index (χ0n) is 7.67. The predicted molar refractivity (Wildman–Crippen MR) is 48.0 cm³/mol. The summed E-state index contributed by atoms with van der Waals surface area (Å²) in [5, 5.41) is 25.7. The highest BCUT2D eigenvalue weighted by molar-refractivity contribution is 5.45. The molecule has 0 rings (SSSR count). The molecule has 0 bridgehead atoms. The number of allylic oxidation sites excluding steroid dienone is 2. The molecule has 0 saturated carbocycles. The highest BCUT2D eigenvalue weighted by atomic mass is 14.3. The van der Waals surface area contributed by atoms with Gasteiger partial charge in [-0.05, 0) is 12.8 Å². The number of unbranched alkanes of at least 4 members (excludes halogenated alkanes) is 2. The van der Waals surface area contributed by atoms with E-state index in [-0.39, 0.29) is 5.57 Å². The fourth-order valence-corrected chi connectivity index (χ4v) is 0.949. The third-order valence-electron chi connectivity index (χ3n) is 1.69. The standard InChI is InChI=1S/C10H11N3/c1-2-3-4-5-9(6-11)10(7-12)8-13/h2-5H2,1H3. The van der Waals surface area contributed by atoms with Gasteiger partial charge in [0.1, 0.15) is 17.7 Å². The van der Waals surface area contributed by atoms with Crippen molar-refractivity contribution in [2.75, 3.05) is 0 Å². The van der Waals surface area contributed by atoms with E-state index < -0.39 is 0 Å². The van der Waals surface area contributed by atoms with Crippen LogP contribution in [0.2, 0.25) is 0 Å². The van der Waals surface area contributed by atoms with E-state index in [0.717, 1.165) is 19.3 Å². The second kappa shape index (κ2) is 6.89. The molecule has 0 aromatic heterocycles. The van der Waals surface area contributed by atoms with E-state index >= 15 is 0 Å². The smallest absolute Gasteiger partial charge is 0.143 e. The second-order valence-corrected chi connectivity index (χ2v) is 2.65. The Kier molecular flexibility index (Phi) is 5.94. The van der Waals surface area contributed by atoms with E-state index in [2.05, 4.69) is 6.92 Å². The van der Waals surface area contributed by atoms with E-state index in [0.29, 0.717) is 12.0 Å². The quantitative estimate of drug-likeness (QED) is 0.484. The summed E-state index contributed by atoms with van der Waals surface area (Å²) in [5.74, 6) is 0. The Morgan fingerprint density at radius 3 is 2.00 bits per heavy atom. The van der Waals surface area contributed by atoms with Crippen LogP contribution in [0.1, 0.15) is 32.6 Å². The van der Waals surface area contributed by atoms with Gasteiger partial charge in [0.05, 0.1) is 11.6 Å². The molecule has 0 fully saturated rings. The molecule has 0 aliphatic rings. The predicted octanol–water partition coefficient (Wildman–Crippen LogP) is 2.43. The van der Waals surface area contributed by atoms with Crippen LogP contribution in [0, 0.1) is 34.0 Å². The molecule has 0 radical (unpaired) electrons. The number of hydrogen-bond acceptors (Lipinski definition) is 3. The summed E-state index contributed by atoms with van der Waals surface area (Å²) in [6, 6.07) is 5.35. The van der Waals surface area contributed by atoms with Crippen LogP contribution in [-0.4, -0.2) is 0 Å². The van der Waals surface area contributed by atoms with Gasteiger partial charge in [-0.3, -0.25) is 0 Å². The molecule has 0 amide bonds. The monoisotopic (exact) mass is 173 g/mol. The van der Waals surface area contributed by atoms with Crippen molar-refractivity contribution in [3.8, 4) is 18.2 Å². The molecule has 3 heteroatoms. The van der Waals surface area contributed by atoms with Gasteiger partial charge in [0.2, 0.25) is 0 Å². The molecule has 0 spiro atoms. The number of hydrogen-bond donors (Lipinski definition) is 0. The molecule has 0 aromatic rings. The molecule has 0 aliphatic heterocycles. The van der Waals surface area contributed by atoms with Crippen molar-refractivity contribution in [1.82, 2.24) is 0 Å². The van der Waals surface area contributed by atoms with Crippen molar-refractivity contribution in [2.45, 2.75) is 32.6 Å². The minimum Gasteiger partial charge on any atom is -0.193 e. The summed E-state index contributed by atoms with van der Waals surface area (Å²) < 4.78 is 0. The topological polar surface area (TPSA) is 71.4 Å². The summed E-state index contributed by atoms with van der Waals surface area (Å²) >= 11 is 0. The fraction of sp³-hybridized carbons (Fsp3) is 0.500. The van der Waals surface area contributed by atoms with Crippen LogP contribution in [0.3, 0.4) is 0 Å². The zero-order chi connectivity index (χ0) is 10.1. The van der Waals surface area contributed by atoms with Gasteiger partial charge in [0.25, 0.3) is 0 Å². The van der Waals surface area contributed by atoms with Crippen LogP contribution in [0.25, 0.3) is 0 Å². The van der Waals surface area contributed by atoms with Crippen LogP contribution in [0.5, 0.6) is 0 Å². The first-order chi connectivity index (χ1) is 6.29. The first-order valence-corrected chi connectivity index (χ1v) is 4.23. The highest BCUT2D eigenvalue weighted by Gasteiger charge is 2.04. The maximum atomic E-state index is 8.65. The first kappa shape index (κ1) is 11.2. The van der Waals surface area contributed by atoms with Crippen LogP contribution in [0.15, 0.2) is 11.1 Å². The van der Waals surface area contributed by atoms with Gasteiger partial charge < -0.3 is 0 Å². The van der Waals surface area contributed by atoms with Crippen LogP contribution in [-0.2, 0) is 0 Å². The van der Waals surface area contributed by atoms with Crippen LogP contribution < -0.4 is 0 Å². The third-order valence-corrected chi connectivity index (χ3v) is 1.69. The van der Waals surface area contributed by atoms with E-state index in [1.807, 2.05) is 6.07 Å². The molecule has 66 valence electrons. The molecule has 0 unspecified atom stereocenters. The molecular formula is C10H11N3. The van der Waals surface area contributed by atoms with Gasteiger partial charge in [0.15, 0.2) is 0 Å². The SMILES string of the molecule is CCCCCC(C#N)=C(C#N)C#N. The summed E-state index contributed by atoms with van der Waals surface area (Å²) in [6.07, 6.45) is 3.50. The minimum absolute atomic E-state index is 0.0430. The molecular weight excluding hydrogens is 162 g/mol. The average molecular weight is 173 g/mol. The lowest BCUT2D eigenvalue weighted by Gasteiger charge is -1.96. The lowest BCUT2D eigenvalue weighted by atomic mass is 10.0. The van der Waals surface area contributed by atoms with Gasteiger partial charge in [-0.1, -0.05) is 19.8 Å². The Hall–Kier alpha value is -1.79. The average Bonchev–Trinajstić information content (AvgIpc) is 2.17. The first-order valence-electron chi connectivity index (χ1n) is 4.23. The van der Waals surface area contributed by atoms with Crippen molar-refractivity contribution >= 4 is 0 Å². The van der Waals surface area contributed by atoms with Crippen molar-refractivity contribution in [3.05, 3.63) is 11.1 Å². The summed E-state index contributed by atoms with van der Waals surface area (Å²) in [4.78, 5) is 0. The molecule has 13 heavy (non-hydrogen) atoms. The van der Waals surface area contributed by atoms with Crippen LogP contribution >= 0.6 is 0 Å².